The molecular formula is C14H25N3O3S. The molecule has 0 saturated carbocycles. The van der Waals surface area contributed by atoms with Crippen LogP contribution in [0.1, 0.15) is 27.2 Å². The van der Waals surface area contributed by atoms with Crippen LogP contribution in [0.2, 0.25) is 0 Å². The second-order valence-corrected chi connectivity index (χ2v) is 6.56. The molecule has 1 atom stereocenters. The number of pyridine rings is 1. The number of hydrogen-bond acceptors (Lipinski definition) is 5. The molecule has 0 aliphatic heterocycles. The molecule has 0 aliphatic rings. The number of hydrogen-bond donors (Lipinski definition) is 1. The van der Waals surface area contributed by atoms with Gasteiger partial charge in [-0.15, -0.1) is 0 Å². The summed E-state index contributed by atoms with van der Waals surface area (Å²) in [6.07, 6.45) is 2.23. The Hall–Kier alpha value is -1.18. The van der Waals surface area contributed by atoms with Crippen LogP contribution < -0.4 is 5.32 Å². The van der Waals surface area contributed by atoms with Crippen LogP contribution in [0.15, 0.2) is 23.4 Å². The maximum Gasteiger partial charge on any atom is 0.262 e. The summed E-state index contributed by atoms with van der Waals surface area (Å²) in [5.74, 6) is 0. The first-order valence-electron chi connectivity index (χ1n) is 7.18. The SMILES string of the molecule is CCNc1cccnc1S(=O)(=O)N(CCOC)C(C)CC. The lowest BCUT2D eigenvalue weighted by atomic mass is 10.3. The fourth-order valence-electron chi connectivity index (χ4n) is 1.99. The molecule has 0 saturated heterocycles. The Labute approximate surface area is 127 Å². The summed E-state index contributed by atoms with van der Waals surface area (Å²) in [7, 11) is -2.10. The summed E-state index contributed by atoms with van der Waals surface area (Å²) in [6, 6.07) is 3.34. The van der Waals surface area contributed by atoms with Crippen molar-refractivity contribution in [3.05, 3.63) is 18.3 Å². The fourth-order valence-corrected chi connectivity index (χ4v) is 3.77. The minimum atomic E-state index is -3.66. The van der Waals surface area contributed by atoms with Gasteiger partial charge in [-0.05, 0) is 32.4 Å². The van der Waals surface area contributed by atoms with Crippen molar-refractivity contribution in [2.24, 2.45) is 0 Å². The van der Waals surface area contributed by atoms with Gasteiger partial charge in [-0.2, -0.15) is 4.31 Å². The molecule has 0 aromatic carbocycles. The Morgan fingerprint density at radius 2 is 2.14 bits per heavy atom. The second-order valence-electron chi connectivity index (χ2n) is 4.75. The van der Waals surface area contributed by atoms with E-state index >= 15 is 0 Å². The Balaban J connectivity index is 3.22. The van der Waals surface area contributed by atoms with Gasteiger partial charge in [0.2, 0.25) is 0 Å². The largest absolute Gasteiger partial charge is 0.383 e. The van der Waals surface area contributed by atoms with Crippen LogP contribution in [0.4, 0.5) is 5.69 Å². The van der Waals surface area contributed by atoms with Crippen LogP contribution in [0.5, 0.6) is 0 Å². The average molecular weight is 315 g/mol. The predicted molar refractivity (Wildman–Crippen MR) is 83.9 cm³/mol. The van der Waals surface area contributed by atoms with Crippen LogP contribution in [-0.2, 0) is 14.8 Å². The molecule has 0 radical (unpaired) electrons. The molecule has 0 amide bonds. The molecular weight excluding hydrogens is 290 g/mol. The zero-order valence-electron chi connectivity index (χ0n) is 13.2. The van der Waals surface area contributed by atoms with E-state index in [0.717, 1.165) is 6.42 Å². The Morgan fingerprint density at radius 1 is 1.43 bits per heavy atom. The number of methoxy groups -OCH3 is 1. The van der Waals surface area contributed by atoms with E-state index in [1.165, 1.54) is 10.5 Å². The third-order valence-corrected chi connectivity index (χ3v) is 5.26. The van der Waals surface area contributed by atoms with Gasteiger partial charge in [-0.1, -0.05) is 6.92 Å². The van der Waals surface area contributed by atoms with Gasteiger partial charge in [0.25, 0.3) is 10.0 Å². The lowest BCUT2D eigenvalue weighted by molar-refractivity contribution is 0.167. The lowest BCUT2D eigenvalue weighted by Crippen LogP contribution is -2.41. The summed E-state index contributed by atoms with van der Waals surface area (Å²) in [5.41, 5.74) is 0.533. The van der Waals surface area contributed by atoms with E-state index in [4.69, 9.17) is 4.74 Å². The van der Waals surface area contributed by atoms with Crippen LogP contribution in [0.25, 0.3) is 0 Å². The summed E-state index contributed by atoms with van der Waals surface area (Å²) in [4.78, 5) is 4.08. The van der Waals surface area contributed by atoms with Gasteiger partial charge in [-0.3, -0.25) is 0 Å². The fraction of sp³-hybridized carbons (Fsp3) is 0.643. The van der Waals surface area contributed by atoms with Crippen molar-refractivity contribution in [3.63, 3.8) is 0 Å². The van der Waals surface area contributed by atoms with Gasteiger partial charge in [0.15, 0.2) is 5.03 Å². The number of ether oxygens (including phenoxy) is 1. The molecule has 1 unspecified atom stereocenters. The topological polar surface area (TPSA) is 71.5 Å². The highest BCUT2D eigenvalue weighted by atomic mass is 32.2. The third-order valence-electron chi connectivity index (χ3n) is 3.29. The summed E-state index contributed by atoms with van der Waals surface area (Å²) in [5, 5.41) is 3.12. The number of aromatic nitrogens is 1. The molecule has 0 spiro atoms. The first kappa shape index (κ1) is 17.9. The molecule has 1 aromatic rings. The molecule has 0 aliphatic carbocycles. The smallest absolute Gasteiger partial charge is 0.262 e. The van der Waals surface area contributed by atoms with E-state index in [2.05, 4.69) is 10.3 Å². The maximum atomic E-state index is 12.9. The number of rotatable bonds is 9. The molecule has 1 heterocycles. The molecule has 1 aromatic heterocycles. The van der Waals surface area contributed by atoms with Crippen molar-refractivity contribution in [3.8, 4) is 0 Å². The van der Waals surface area contributed by atoms with Crippen molar-refractivity contribution in [2.45, 2.75) is 38.3 Å². The van der Waals surface area contributed by atoms with Gasteiger partial charge in [0.05, 0.1) is 12.3 Å². The van der Waals surface area contributed by atoms with Crippen molar-refractivity contribution < 1.29 is 13.2 Å². The van der Waals surface area contributed by atoms with Crippen molar-refractivity contribution >= 4 is 15.7 Å². The van der Waals surface area contributed by atoms with Gasteiger partial charge in [0.1, 0.15) is 0 Å². The lowest BCUT2D eigenvalue weighted by Gasteiger charge is -2.27. The van der Waals surface area contributed by atoms with E-state index in [-0.39, 0.29) is 11.1 Å². The number of nitrogens with one attached hydrogen (secondary N) is 1. The summed E-state index contributed by atoms with van der Waals surface area (Å²) < 4.78 is 32.3. The predicted octanol–water partition coefficient (Wildman–Crippen LogP) is 1.95. The Kier molecular flexibility index (Phi) is 7.07. The first-order valence-corrected chi connectivity index (χ1v) is 8.62. The highest BCUT2D eigenvalue weighted by molar-refractivity contribution is 7.89. The Morgan fingerprint density at radius 3 is 2.71 bits per heavy atom. The summed E-state index contributed by atoms with van der Waals surface area (Å²) in [6.45, 7) is 7.08. The van der Waals surface area contributed by atoms with Gasteiger partial charge in [0, 0.05) is 32.4 Å². The van der Waals surface area contributed by atoms with E-state index in [1.54, 1.807) is 19.2 Å². The zero-order valence-corrected chi connectivity index (χ0v) is 14.0. The monoisotopic (exact) mass is 315 g/mol. The van der Waals surface area contributed by atoms with Crippen LogP contribution in [-0.4, -0.2) is 50.6 Å². The van der Waals surface area contributed by atoms with Crippen LogP contribution in [0.3, 0.4) is 0 Å². The van der Waals surface area contributed by atoms with Crippen LogP contribution >= 0.6 is 0 Å². The van der Waals surface area contributed by atoms with Crippen molar-refractivity contribution in [1.29, 1.82) is 0 Å². The molecule has 1 N–H and O–H groups in total. The molecule has 120 valence electrons. The third kappa shape index (κ3) is 4.39. The minimum absolute atomic E-state index is 0.0725. The number of sulfonamides is 1. The van der Waals surface area contributed by atoms with Crippen molar-refractivity contribution in [2.75, 3.05) is 32.1 Å². The van der Waals surface area contributed by atoms with Gasteiger partial charge < -0.3 is 10.1 Å². The van der Waals surface area contributed by atoms with Gasteiger partial charge in [-0.25, -0.2) is 13.4 Å². The van der Waals surface area contributed by atoms with E-state index < -0.39 is 10.0 Å². The first-order chi connectivity index (χ1) is 9.98. The van der Waals surface area contributed by atoms with E-state index in [0.29, 0.717) is 25.4 Å². The molecule has 0 bridgehead atoms. The maximum absolute atomic E-state index is 12.9. The van der Waals surface area contributed by atoms with Gasteiger partial charge >= 0.3 is 0 Å². The molecule has 21 heavy (non-hydrogen) atoms. The molecule has 1 rings (SSSR count). The molecule has 7 heteroatoms. The average Bonchev–Trinajstić information content (AvgIpc) is 2.48. The molecule has 0 fully saturated rings. The quantitative estimate of drug-likeness (QED) is 0.754. The van der Waals surface area contributed by atoms with E-state index in [1.807, 2.05) is 20.8 Å². The summed E-state index contributed by atoms with van der Waals surface area (Å²) >= 11 is 0. The Bertz CT molecular complexity index is 534. The number of anilines is 1. The highest BCUT2D eigenvalue weighted by Gasteiger charge is 2.31. The molecule has 6 nitrogen and oxygen atoms in total. The highest BCUT2D eigenvalue weighted by Crippen LogP contribution is 2.24. The minimum Gasteiger partial charge on any atom is -0.383 e. The normalized spacial score (nSPS) is 13.4. The number of nitrogens with zero attached hydrogens (tertiary/aromatic N) is 2. The zero-order chi connectivity index (χ0) is 15.9. The second kappa shape index (κ2) is 8.31. The van der Waals surface area contributed by atoms with Crippen molar-refractivity contribution in [1.82, 2.24) is 9.29 Å². The standard InChI is InChI=1S/C14H25N3O3S/c1-5-12(3)17(10-11-20-4)21(18,19)14-13(15-6-2)8-7-9-16-14/h7-9,12,15H,5-6,10-11H2,1-4H3. The van der Waals surface area contributed by atoms with E-state index in [9.17, 15) is 8.42 Å². The van der Waals surface area contributed by atoms with Crippen LogP contribution in [0, 0.1) is 0 Å².